The topological polar surface area (TPSA) is 81.6 Å². The molecule has 1 aromatic carbocycles. The fourth-order valence-electron chi connectivity index (χ4n) is 4.36. The number of aryl methyl sites for hydroxylation is 2. The van der Waals surface area contributed by atoms with Crippen LogP contribution in [0.1, 0.15) is 35.4 Å². The Hall–Kier alpha value is -2.34. The summed E-state index contributed by atoms with van der Waals surface area (Å²) in [5.74, 6) is 2.84. The van der Waals surface area contributed by atoms with Gasteiger partial charge < -0.3 is 19.9 Å². The summed E-state index contributed by atoms with van der Waals surface area (Å²) >= 11 is 0. The second kappa shape index (κ2) is 7.35. The van der Waals surface area contributed by atoms with Gasteiger partial charge in [0, 0.05) is 19.1 Å². The third-order valence-electron chi connectivity index (χ3n) is 6.11. The van der Waals surface area contributed by atoms with Crippen LogP contribution in [0.4, 0.5) is 0 Å². The van der Waals surface area contributed by atoms with Gasteiger partial charge in [-0.15, -0.1) is 0 Å². The molecule has 2 N–H and O–H groups in total. The van der Waals surface area contributed by atoms with Gasteiger partial charge in [-0.3, -0.25) is 4.79 Å². The number of likely N-dealkylation sites (tertiary alicyclic amines) is 1. The zero-order valence-electron chi connectivity index (χ0n) is 16.0. The molecule has 1 amide bonds. The number of aromatic nitrogens is 1. The summed E-state index contributed by atoms with van der Waals surface area (Å²) in [7, 11) is 0. The smallest absolute Gasteiger partial charge is 0.227 e. The van der Waals surface area contributed by atoms with Crippen molar-refractivity contribution in [3.8, 4) is 5.75 Å². The van der Waals surface area contributed by atoms with Crippen LogP contribution >= 0.6 is 0 Å². The number of hydrogen-bond donors (Lipinski definition) is 1. The highest BCUT2D eigenvalue weighted by molar-refractivity contribution is 5.79. The molecule has 0 radical (unpaired) electrons. The van der Waals surface area contributed by atoms with Crippen LogP contribution < -0.4 is 10.5 Å². The van der Waals surface area contributed by atoms with Gasteiger partial charge in [-0.2, -0.15) is 0 Å². The first kappa shape index (κ1) is 18.0. The van der Waals surface area contributed by atoms with Crippen LogP contribution in [-0.4, -0.2) is 35.1 Å². The van der Waals surface area contributed by atoms with E-state index in [0.717, 1.165) is 54.3 Å². The largest absolute Gasteiger partial charge is 0.489 e. The van der Waals surface area contributed by atoms with Gasteiger partial charge in [0.25, 0.3) is 0 Å². The van der Waals surface area contributed by atoms with Crippen molar-refractivity contribution in [2.45, 2.75) is 45.8 Å². The van der Waals surface area contributed by atoms with E-state index >= 15 is 0 Å². The van der Waals surface area contributed by atoms with E-state index < -0.39 is 0 Å². The number of nitrogens with two attached hydrogens (primary N) is 1. The molecule has 0 bridgehead atoms. The molecule has 3 unspecified atom stereocenters. The van der Waals surface area contributed by atoms with Gasteiger partial charge >= 0.3 is 0 Å². The van der Waals surface area contributed by atoms with E-state index in [9.17, 15) is 4.79 Å². The Bertz CT molecular complexity index is 795. The quantitative estimate of drug-likeness (QED) is 0.876. The van der Waals surface area contributed by atoms with Crippen molar-refractivity contribution >= 4 is 5.91 Å². The maximum Gasteiger partial charge on any atom is 0.227 e. The van der Waals surface area contributed by atoms with E-state index in [1.807, 2.05) is 43.0 Å². The van der Waals surface area contributed by atoms with Crippen molar-refractivity contribution in [3.63, 3.8) is 0 Å². The van der Waals surface area contributed by atoms with Gasteiger partial charge in [-0.25, -0.2) is 0 Å². The maximum atomic E-state index is 12.6. The highest BCUT2D eigenvalue weighted by Crippen LogP contribution is 2.37. The number of rotatable bonds is 5. The number of amides is 1. The maximum absolute atomic E-state index is 12.6. The molecule has 6 nitrogen and oxygen atoms in total. The fourth-order valence-corrected chi connectivity index (χ4v) is 4.36. The van der Waals surface area contributed by atoms with Crippen molar-refractivity contribution in [2.75, 3.05) is 13.1 Å². The SMILES string of the molecule is Cc1noc(C)c1COc1ccc(CC(=O)N2CC3CCC(N)C3C2)cc1. The number of hydrogen-bond acceptors (Lipinski definition) is 5. The summed E-state index contributed by atoms with van der Waals surface area (Å²) in [6, 6.07) is 8.01. The molecule has 6 heteroatoms. The number of nitrogens with zero attached hydrogens (tertiary/aromatic N) is 2. The molecule has 2 aliphatic rings. The van der Waals surface area contributed by atoms with Gasteiger partial charge in [0.1, 0.15) is 18.1 Å². The number of carbonyl (C=O) groups is 1. The van der Waals surface area contributed by atoms with Gasteiger partial charge in [0.15, 0.2) is 0 Å². The zero-order valence-corrected chi connectivity index (χ0v) is 16.0. The van der Waals surface area contributed by atoms with E-state index in [1.54, 1.807) is 0 Å². The molecule has 0 spiro atoms. The molecule has 2 fully saturated rings. The van der Waals surface area contributed by atoms with Gasteiger partial charge in [-0.05, 0) is 56.2 Å². The van der Waals surface area contributed by atoms with Crippen molar-refractivity contribution in [1.82, 2.24) is 10.1 Å². The Kier molecular flexibility index (Phi) is 4.91. The van der Waals surface area contributed by atoms with Gasteiger partial charge in [0.05, 0.1) is 17.7 Å². The molecule has 27 heavy (non-hydrogen) atoms. The van der Waals surface area contributed by atoms with Gasteiger partial charge in [-0.1, -0.05) is 17.3 Å². The lowest BCUT2D eigenvalue weighted by molar-refractivity contribution is -0.129. The minimum atomic E-state index is 0.195. The molecular formula is C21H27N3O3. The third-order valence-corrected chi connectivity index (χ3v) is 6.11. The first-order chi connectivity index (χ1) is 13.0. The Morgan fingerprint density at radius 3 is 2.70 bits per heavy atom. The molecule has 1 aromatic heterocycles. The van der Waals surface area contributed by atoms with Crippen LogP contribution in [0.3, 0.4) is 0 Å². The number of carbonyl (C=O) groups excluding carboxylic acids is 1. The van der Waals surface area contributed by atoms with Crippen LogP contribution in [0, 0.1) is 25.7 Å². The van der Waals surface area contributed by atoms with Crippen LogP contribution in [-0.2, 0) is 17.8 Å². The summed E-state index contributed by atoms with van der Waals surface area (Å²) in [6.45, 7) is 5.91. The van der Waals surface area contributed by atoms with Crippen LogP contribution in [0.25, 0.3) is 0 Å². The number of ether oxygens (including phenoxy) is 1. The average Bonchev–Trinajstić information content (AvgIpc) is 3.32. The molecule has 4 rings (SSSR count). The van der Waals surface area contributed by atoms with E-state index in [1.165, 1.54) is 0 Å². The summed E-state index contributed by atoms with van der Waals surface area (Å²) < 4.78 is 11.0. The van der Waals surface area contributed by atoms with Crippen LogP contribution in [0.2, 0.25) is 0 Å². The van der Waals surface area contributed by atoms with Crippen molar-refractivity contribution in [1.29, 1.82) is 0 Å². The summed E-state index contributed by atoms with van der Waals surface area (Å²) in [5, 5.41) is 3.93. The van der Waals surface area contributed by atoms with Gasteiger partial charge in [0.2, 0.25) is 5.91 Å². The molecule has 3 atom stereocenters. The lowest BCUT2D eigenvalue weighted by atomic mass is 9.98. The number of fused-ring (bicyclic) bond motifs is 1. The average molecular weight is 369 g/mol. The van der Waals surface area contributed by atoms with E-state index in [-0.39, 0.29) is 11.9 Å². The standard InChI is InChI=1S/C21H27N3O3/c1-13-19(14(2)27-23-13)12-26-17-6-3-15(4-7-17)9-21(25)24-10-16-5-8-20(22)18(16)11-24/h3-4,6-7,16,18,20H,5,8-12,22H2,1-2H3. The molecule has 1 saturated heterocycles. The first-order valence-corrected chi connectivity index (χ1v) is 9.68. The summed E-state index contributed by atoms with van der Waals surface area (Å²) in [5.41, 5.74) is 9.01. The predicted molar refractivity (Wildman–Crippen MR) is 101 cm³/mol. The summed E-state index contributed by atoms with van der Waals surface area (Å²) in [6.07, 6.45) is 2.69. The molecule has 2 aromatic rings. The molecule has 1 saturated carbocycles. The van der Waals surface area contributed by atoms with E-state index in [2.05, 4.69) is 5.16 Å². The Morgan fingerprint density at radius 2 is 2.04 bits per heavy atom. The highest BCUT2D eigenvalue weighted by atomic mass is 16.5. The second-order valence-corrected chi connectivity index (χ2v) is 7.88. The first-order valence-electron chi connectivity index (χ1n) is 9.68. The normalized spacial score (nSPS) is 24.3. The molecule has 1 aliphatic carbocycles. The minimum absolute atomic E-state index is 0.195. The predicted octanol–water partition coefficient (Wildman–Crippen LogP) is 2.61. The Morgan fingerprint density at radius 1 is 1.26 bits per heavy atom. The Labute approximate surface area is 159 Å². The van der Waals surface area contributed by atoms with E-state index in [4.69, 9.17) is 15.0 Å². The minimum Gasteiger partial charge on any atom is -0.489 e. The fraction of sp³-hybridized carbons (Fsp3) is 0.524. The second-order valence-electron chi connectivity index (χ2n) is 7.88. The molecular weight excluding hydrogens is 342 g/mol. The van der Waals surface area contributed by atoms with E-state index in [0.29, 0.717) is 24.9 Å². The Balaban J connectivity index is 1.31. The van der Waals surface area contributed by atoms with Crippen LogP contribution in [0.15, 0.2) is 28.8 Å². The third kappa shape index (κ3) is 3.72. The molecule has 1 aliphatic heterocycles. The monoisotopic (exact) mass is 369 g/mol. The lowest BCUT2D eigenvalue weighted by Gasteiger charge is -2.19. The van der Waals surface area contributed by atoms with Crippen molar-refractivity contribution in [3.05, 3.63) is 46.8 Å². The van der Waals surface area contributed by atoms with Crippen LogP contribution in [0.5, 0.6) is 5.75 Å². The highest BCUT2D eigenvalue weighted by Gasteiger charge is 2.42. The van der Waals surface area contributed by atoms with Crippen molar-refractivity contribution < 1.29 is 14.1 Å². The van der Waals surface area contributed by atoms with Crippen molar-refractivity contribution in [2.24, 2.45) is 17.6 Å². The molecule has 2 heterocycles. The summed E-state index contributed by atoms with van der Waals surface area (Å²) in [4.78, 5) is 14.6. The number of benzene rings is 1. The molecule has 144 valence electrons. The zero-order chi connectivity index (χ0) is 19.0. The lowest BCUT2D eigenvalue weighted by Crippen LogP contribution is -2.34.